The molecule has 18 heavy (non-hydrogen) atoms. The van der Waals surface area contributed by atoms with Gasteiger partial charge in [0.15, 0.2) is 0 Å². The Kier molecular flexibility index (Phi) is 5.17. The number of benzene rings is 1. The third-order valence-electron chi connectivity index (χ3n) is 3.78. The summed E-state index contributed by atoms with van der Waals surface area (Å²) in [4.78, 5) is 2.22. The van der Waals surface area contributed by atoms with E-state index in [1.807, 2.05) is 18.2 Å². The molecule has 1 aromatic rings. The normalized spacial score (nSPS) is 24.4. The summed E-state index contributed by atoms with van der Waals surface area (Å²) in [5, 5.41) is 19.3. The molecule has 0 saturated heterocycles. The number of rotatable bonds is 5. The molecule has 0 radical (unpaired) electrons. The monoisotopic (exact) mass is 249 g/mol. The van der Waals surface area contributed by atoms with Crippen LogP contribution in [-0.4, -0.2) is 40.4 Å². The molecule has 2 rings (SSSR count). The molecule has 3 nitrogen and oxygen atoms in total. The van der Waals surface area contributed by atoms with E-state index in [0.717, 1.165) is 25.8 Å². The van der Waals surface area contributed by atoms with Crippen molar-refractivity contribution in [3.05, 3.63) is 35.9 Å². The second kappa shape index (κ2) is 6.88. The summed E-state index contributed by atoms with van der Waals surface area (Å²) in [6.45, 7) is 1.59. The Bertz CT molecular complexity index is 342. The Morgan fingerprint density at radius 2 is 1.83 bits per heavy atom. The molecule has 0 amide bonds. The summed E-state index contributed by atoms with van der Waals surface area (Å²) in [5.41, 5.74) is 1.24. The van der Waals surface area contributed by atoms with Gasteiger partial charge in [0.1, 0.15) is 0 Å². The fraction of sp³-hybridized carbons (Fsp3) is 0.600. The maximum absolute atomic E-state index is 10.1. The van der Waals surface area contributed by atoms with E-state index < -0.39 is 0 Å². The van der Waals surface area contributed by atoms with Gasteiger partial charge in [-0.25, -0.2) is 0 Å². The standard InChI is InChI=1S/C15H23NO2/c17-11-10-16(12-13-6-2-1-3-7-13)14-8-4-5-9-15(14)18/h1-3,6-7,14-15,17-18H,4-5,8-12H2. The number of aliphatic hydroxyl groups is 2. The fourth-order valence-electron chi connectivity index (χ4n) is 2.83. The molecule has 100 valence electrons. The Morgan fingerprint density at radius 1 is 1.11 bits per heavy atom. The minimum atomic E-state index is -0.242. The Labute approximate surface area is 109 Å². The van der Waals surface area contributed by atoms with Crippen molar-refractivity contribution in [2.24, 2.45) is 0 Å². The van der Waals surface area contributed by atoms with E-state index in [-0.39, 0.29) is 18.8 Å². The van der Waals surface area contributed by atoms with E-state index in [1.165, 1.54) is 12.0 Å². The van der Waals surface area contributed by atoms with E-state index in [4.69, 9.17) is 0 Å². The maximum Gasteiger partial charge on any atom is 0.0695 e. The Balaban J connectivity index is 2.02. The zero-order valence-electron chi connectivity index (χ0n) is 10.8. The number of nitrogens with zero attached hydrogens (tertiary/aromatic N) is 1. The first-order valence-electron chi connectivity index (χ1n) is 6.88. The average molecular weight is 249 g/mol. The number of hydrogen-bond acceptors (Lipinski definition) is 3. The lowest BCUT2D eigenvalue weighted by Gasteiger charge is -2.37. The highest BCUT2D eigenvalue weighted by atomic mass is 16.3. The van der Waals surface area contributed by atoms with Gasteiger partial charge in [-0.3, -0.25) is 4.90 Å². The van der Waals surface area contributed by atoms with Crippen molar-refractivity contribution in [2.45, 2.75) is 44.4 Å². The average Bonchev–Trinajstić information content (AvgIpc) is 2.40. The van der Waals surface area contributed by atoms with Crippen LogP contribution in [-0.2, 0) is 6.54 Å². The lowest BCUT2D eigenvalue weighted by atomic mass is 9.91. The first kappa shape index (κ1) is 13.5. The lowest BCUT2D eigenvalue weighted by Crippen LogP contribution is -2.46. The van der Waals surface area contributed by atoms with Gasteiger partial charge in [-0.2, -0.15) is 0 Å². The van der Waals surface area contributed by atoms with Gasteiger partial charge in [0.05, 0.1) is 12.7 Å². The minimum Gasteiger partial charge on any atom is -0.395 e. The first-order valence-corrected chi connectivity index (χ1v) is 6.88. The van der Waals surface area contributed by atoms with Crippen molar-refractivity contribution >= 4 is 0 Å². The maximum atomic E-state index is 10.1. The van der Waals surface area contributed by atoms with Gasteiger partial charge in [0.25, 0.3) is 0 Å². The van der Waals surface area contributed by atoms with Crippen LogP contribution in [0.1, 0.15) is 31.2 Å². The summed E-state index contributed by atoms with van der Waals surface area (Å²) in [7, 11) is 0. The predicted molar refractivity (Wildman–Crippen MR) is 72.2 cm³/mol. The molecule has 1 aliphatic carbocycles. The van der Waals surface area contributed by atoms with Crippen molar-refractivity contribution in [1.29, 1.82) is 0 Å². The van der Waals surface area contributed by atoms with Crippen LogP contribution in [0.25, 0.3) is 0 Å². The van der Waals surface area contributed by atoms with Crippen LogP contribution >= 0.6 is 0 Å². The third kappa shape index (κ3) is 3.55. The van der Waals surface area contributed by atoms with Crippen LogP contribution in [0.4, 0.5) is 0 Å². The van der Waals surface area contributed by atoms with Crippen molar-refractivity contribution in [3.63, 3.8) is 0 Å². The van der Waals surface area contributed by atoms with Gasteiger partial charge in [-0.05, 0) is 18.4 Å². The molecule has 1 aromatic carbocycles. The molecule has 3 heteroatoms. The topological polar surface area (TPSA) is 43.7 Å². The van der Waals surface area contributed by atoms with E-state index >= 15 is 0 Å². The molecule has 1 aliphatic rings. The van der Waals surface area contributed by atoms with Crippen LogP contribution in [0.5, 0.6) is 0 Å². The van der Waals surface area contributed by atoms with Gasteiger partial charge < -0.3 is 10.2 Å². The van der Waals surface area contributed by atoms with E-state index in [0.29, 0.717) is 6.54 Å². The smallest absolute Gasteiger partial charge is 0.0695 e. The van der Waals surface area contributed by atoms with Gasteiger partial charge in [0.2, 0.25) is 0 Å². The van der Waals surface area contributed by atoms with Gasteiger partial charge >= 0.3 is 0 Å². The summed E-state index contributed by atoms with van der Waals surface area (Å²) in [5.74, 6) is 0. The van der Waals surface area contributed by atoms with Crippen LogP contribution in [0.15, 0.2) is 30.3 Å². The van der Waals surface area contributed by atoms with Gasteiger partial charge in [0, 0.05) is 19.1 Å². The fourth-order valence-corrected chi connectivity index (χ4v) is 2.83. The molecule has 2 atom stereocenters. The zero-order valence-corrected chi connectivity index (χ0v) is 10.8. The first-order chi connectivity index (χ1) is 8.81. The Hall–Kier alpha value is -0.900. The van der Waals surface area contributed by atoms with Crippen LogP contribution in [0, 0.1) is 0 Å². The van der Waals surface area contributed by atoms with Crippen LogP contribution < -0.4 is 0 Å². The summed E-state index contributed by atoms with van der Waals surface area (Å²) < 4.78 is 0. The number of hydrogen-bond donors (Lipinski definition) is 2. The zero-order chi connectivity index (χ0) is 12.8. The molecule has 2 unspecified atom stereocenters. The summed E-state index contributed by atoms with van der Waals surface area (Å²) in [6.07, 6.45) is 3.98. The summed E-state index contributed by atoms with van der Waals surface area (Å²) in [6, 6.07) is 10.5. The van der Waals surface area contributed by atoms with Crippen LogP contribution in [0.2, 0.25) is 0 Å². The van der Waals surface area contributed by atoms with Gasteiger partial charge in [-0.1, -0.05) is 43.2 Å². The molecular formula is C15H23NO2. The van der Waals surface area contributed by atoms with E-state index in [2.05, 4.69) is 17.0 Å². The molecular weight excluding hydrogens is 226 g/mol. The largest absolute Gasteiger partial charge is 0.395 e. The predicted octanol–water partition coefficient (Wildman–Crippen LogP) is 1.78. The minimum absolute atomic E-state index is 0.149. The molecule has 0 aliphatic heterocycles. The highest BCUT2D eigenvalue weighted by Crippen LogP contribution is 2.24. The van der Waals surface area contributed by atoms with Crippen LogP contribution in [0.3, 0.4) is 0 Å². The molecule has 0 heterocycles. The molecule has 1 fully saturated rings. The van der Waals surface area contributed by atoms with Crippen molar-refractivity contribution in [1.82, 2.24) is 4.90 Å². The molecule has 2 N–H and O–H groups in total. The number of aliphatic hydroxyl groups excluding tert-OH is 2. The second-order valence-corrected chi connectivity index (χ2v) is 5.10. The summed E-state index contributed by atoms with van der Waals surface area (Å²) >= 11 is 0. The second-order valence-electron chi connectivity index (χ2n) is 5.10. The quantitative estimate of drug-likeness (QED) is 0.836. The highest BCUT2D eigenvalue weighted by Gasteiger charge is 2.28. The molecule has 0 aromatic heterocycles. The van der Waals surface area contributed by atoms with Gasteiger partial charge in [-0.15, -0.1) is 0 Å². The SMILES string of the molecule is OCCN(Cc1ccccc1)C1CCCCC1O. The third-order valence-corrected chi connectivity index (χ3v) is 3.78. The Morgan fingerprint density at radius 3 is 2.50 bits per heavy atom. The molecule has 0 bridgehead atoms. The lowest BCUT2D eigenvalue weighted by molar-refractivity contribution is 0.00861. The van der Waals surface area contributed by atoms with E-state index in [1.54, 1.807) is 0 Å². The van der Waals surface area contributed by atoms with Crippen molar-refractivity contribution in [2.75, 3.05) is 13.2 Å². The van der Waals surface area contributed by atoms with Crippen molar-refractivity contribution < 1.29 is 10.2 Å². The van der Waals surface area contributed by atoms with E-state index in [9.17, 15) is 10.2 Å². The highest BCUT2D eigenvalue weighted by molar-refractivity contribution is 5.14. The molecule has 0 spiro atoms. The van der Waals surface area contributed by atoms with Crippen molar-refractivity contribution in [3.8, 4) is 0 Å². The molecule has 1 saturated carbocycles.